The summed E-state index contributed by atoms with van der Waals surface area (Å²) in [6.45, 7) is 16.5. The second-order valence-electron chi connectivity index (χ2n) is 9.56. The summed E-state index contributed by atoms with van der Waals surface area (Å²) in [5.41, 5.74) is 9.27. The molecule has 0 bridgehead atoms. The zero-order valence-corrected chi connectivity index (χ0v) is 18.5. The van der Waals surface area contributed by atoms with Gasteiger partial charge in [-0.15, -0.1) is 0 Å². The van der Waals surface area contributed by atoms with Crippen molar-refractivity contribution < 1.29 is 4.74 Å². The highest BCUT2D eigenvalue weighted by Gasteiger charge is 2.38. The molecule has 0 aromatic heterocycles. The number of hydrogen-bond acceptors (Lipinski definition) is 2. The Labute approximate surface area is 162 Å². The molecule has 0 heterocycles. The second kappa shape index (κ2) is 10.3. The first-order valence-corrected chi connectivity index (χ1v) is 10.6. The zero-order valence-electron chi connectivity index (χ0n) is 18.5. The quantitative estimate of drug-likeness (QED) is 0.332. The van der Waals surface area contributed by atoms with Crippen LogP contribution in [0, 0.1) is 18.3 Å². The minimum atomic E-state index is -0.151. The standard InChI is InChI=1S/C24H43NO/c1-8-9-10-11-12-13-14-22(23(3,4)5)24(6,7)26-18-20-16-15-19(2)21(25)17-20/h15-17,22H,8-14,18,25H2,1-7H3. The van der Waals surface area contributed by atoms with E-state index < -0.39 is 0 Å². The molecule has 2 nitrogen and oxygen atoms in total. The molecule has 0 fully saturated rings. The van der Waals surface area contributed by atoms with E-state index in [1.165, 1.54) is 44.9 Å². The van der Waals surface area contributed by atoms with Gasteiger partial charge in [-0.3, -0.25) is 0 Å². The highest BCUT2D eigenvalue weighted by atomic mass is 16.5. The van der Waals surface area contributed by atoms with Crippen LogP contribution in [-0.2, 0) is 11.3 Å². The minimum Gasteiger partial charge on any atom is -0.399 e. The molecule has 1 aromatic carbocycles. The Morgan fingerprint density at radius 1 is 0.962 bits per heavy atom. The number of nitrogen functional groups attached to an aromatic ring is 1. The van der Waals surface area contributed by atoms with Crippen molar-refractivity contribution in [3.8, 4) is 0 Å². The number of hydrogen-bond donors (Lipinski definition) is 1. The van der Waals surface area contributed by atoms with Gasteiger partial charge in [0.25, 0.3) is 0 Å². The van der Waals surface area contributed by atoms with Gasteiger partial charge in [0.15, 0.2) is 0 Å². The van der Waals surface area contributed by atoms with Gasteiger partial charge in [0.2, 0.25) is 0 Å². The predicted molar refractivity (Wildman–Crippen MR) is 115 cm³/mol. The number of benzene rings is 1. The molecule has 150 valence electrons. The van der Waals surface area contributed by atoms with E-state index in [4.69, 9.17) is 10.5 Å². The SMILES string of the molecule is CCCCCCCCC(C(C)(C)C)C(C)(C)OCc1ccc(C)c(N)c1. The predicted octanol–water partition coefficient (Wildman–Crippen LogP) is 7.29. The van der Waals surface area contributed by atoms with Crippen molar-refractivity contribution in [1.82, 2.24) is 0 Å². The summed E-state index contributed by atoms with van der Waals surface area (Å²) in [7, 11) is 0. The van der Waals surface area contributed by atoms with E-state index in [0.717, 1.165) is 16.8 Å². The summed E-state index contributed by atoms with van der Waals surface area (Å²) in [6.07, 6.45) is 9.32. The van der Waals surface area contributed by atoms with Crippen LogP contribution in [0.4, 0.5) is 5.69 Å². The minimum absolute atomic E-state index is 0.151. The molecule has 0 spiro atoms. The first-order chi connectivity index (χ1) is 12.1. The maximum absolute atomic E-state index is 6.44. The highest BCUT2D eigenvalue weighted by molar-refractivity contribution is 5.48. The smallest absolute Gasteiger partial charge is 0.0725 e. The van der Waals surface area contributed by atoms with Gasteiger partial charge in [-0.25, -0.2) is 0 Å². The van der Waals surface area contributed by atoms with Crippen LogP contribution in [0.2, 0.25) is 0 Å². The number of ether oxygens (including phenoxy) is 1. The van der Waals surface area contributed by atoms with Crippen LogP contribution >= 0.6 is 0 Å². The molecule has 1 atom stereocenters. The summed E-state index contributed by atoms with van der Waals surface area (Å²) < 4.78 is 6.44. The molecule has 0 aliphatic carbocycles. The first-order valence-electron chi connectivity index (χ1n) is 10.6. The van der Waals surface area contributed by atoms with E-state index in [-0.39, 0.29) is 11.0 Å². The van der Waals surface area contributed by atoms with Crippen LogP contribution in [0.1, 0.15) is 97.6 Å². The van der Waals surface area contributed by atoms with Gasteiger partial charge in [0.05, 0.1) is 12.2 Å². The van der Waals surface area contributed by atoms with Gasteiger partial charge in [0.1, 0.15) is 0 Å². The van der Waals surface area contributed by atoms with E-state index in [0.29, 0.717) is 12.5 Å². The zero-order chi connectivity index (χ0) is 19.8. The third-order valence-corrected chi connectivity index (χ3v) is 5.69. The number of unbranched alkanes of at least 4 members (excludes halogenated alkanes) is 5. The lowest BCUT2D eigenvalue weighted by Gasteiger charge is -2.43. The van der Waals surface area contributed by atoms with Gasteiger partial charge in [0, 0.05) is 5.69 Å². The fourth-order valence-electron chi connectivity index (χ4n) is 4.10. The molecular weight excluding hydrogens is 318 g/mol. The molecule has 0 radical (unpaired) electrons. The lowest BCUT2D eigenvalue weighted by molar-refractivity contribution is -0.104. The summed E-state index contributed by atoms with van der Waals surface area (Å²) >= 11 is 0. The van der Waals surface area contributed by atoms with Gasteiger partial charge < -0.3 is 10.5 Å². The van der Waals surface area contributed by atoms with E-state index in [2.05, 4.69) is 53.7 Å². The molecule has 26 heavy (non-hydrogen) atoms. The van der Waals surface area contributed by atoms with Gasteiger partial charge >= 0.3 is 0 Å². The largest absolute Gasteiger partial charge is 0.399 e. The molecule has 0 aliphatic heterocycles. The summed E-state index contributed by atoms with van der Waals surface area (Å²) in [6, 6.07) is 6.26. The van der Waals surface area contributed by atoms with Crippen LogP contribution in [-0.4, -0.2) is 5.60 Å². The Morgan fingerprint density at radius 2 is 1.58 bits per heavy atom. The van der Waals surface area contributed by atoms with Crippen molar-refractivity contribution in [2.75, 3.05) is 5.73 Å². The summed E-state index contributed by atoms with van der Waals surface area (Å²) in [5.74, 6) is 0.531. The highest BCUT2D eigenvalue weighted by Crippen LogP contribution is 2.41. The third-order valence-electron chi connectivity index (χ3n) is 5.69. The number of nitrogens with two attached hydrogens (primary N) is 1. The Morgan fingerprint density at radius 3 is 2.15 bits per heavy atom. The van der Waals surface area contributed by atoms with Crippen molar-refractivity contribution in [3.05, 3.63) is 29.3 Å². The lowest BCUT2D eigenvalue weighted by atomic mass is 9.69. The van der Waals surface area contributed by atoms with Crippen LogP contribution in [0.3, 0.4) is 0 Å². The van der Waals surface area contributed by atoms with E-state index in [1.54, 1.807) is 0 Å². The molecule has 0 saturated heterocycles. The molecule has 1 unspecified atom stereocenters. The number of anilines is 1. The fraction of sp³-hybridized carbons (Fsp3) is 0.750. The number of rotatable bonds is 11. The van der Waals surface area contributed by atoms with Gasteiger partial charge in [-0.1, -0.05) is 78.4 Å². The van der Waals surface area contributed by atoms with Crippen molar-refractivity contribution in [2.45, 2.75) is 106 Å². The molecule has 2 N–H and O–H groups in total. The van der Waals surface area contributed by atoms with Crippen LogP contribution < -0.4 is 5.73 Å². The second-order valence-corrected chi connectivity index (χ2v) is 9.56. The van der Waals surface area contributed by atoms with Crippen LogP contribution in [0.5, 0.6) is 0 Å². The van der Waals surface area contributed by atoms with Gasteiger partial charge in [-0.2, -0.15) is 0 Å². The first kappa shape index (κ1) is 23.0. The lowest BCUT2D eigenvalue weighted by Crippen LogP contribution is -2.42. The van der Waals surface area contributed by atoms with Crippen molar-refractivity contribution in [2.24, 2.45) is 11.3 Å². The Kier molecular flexibility index (Phi) is 9.16. The molecule has 0 saturated carbocycles. The van der Waals surface area contributed by atoms with Crippen LogP contribution in [0.15, 0.2) is 18.2 Å². The maximum Gasteiger partial charge on any atom is 0.0725 e. The van der Waals surface area contributed by atoms with E-state index in [1.807, 2.05) is 13.0 Å². The topological polar surface area (TPSA) is 35.2 Å². The molecule has 2 heteroatoms. The normalized spacial score (nSPS) is 13.8. The molecule has 1 rings (SSSR count). The maximum atomic E-state index is 6.44. The van der Waals surface area contributed by atoms with Gasteiger partial charge in [-0.05, 0) is 55.7 Å². The third kappa shape index (κ3) is 7.70. The Bertz CT molecular complexity index is 528. The average molecular weight is 362 g/mol. The van der Waals surface area contributed by atoms with Crippen molar-refractivity contribution in [1.29, 1.82) is 0 Å². The molecular formula is C24H43NO. The summed E-state index contributed by atoms with van der Waals surface area (Å²) in [4.78, 5) is 0. The summed E-state index contributed by atoms with van der Waals surface area (Å²) in [5, 5.41) is 0. The average Bonchev–Trinajstić information content (AvgIpc) is 2.54. The van der Waals surface area contributed by atoms with Crippen molar-refractivity contribution >= 4 is 5.69 Å². The monoisotopic (exact) mass is 361 g/mol. The van der Waals surface area contributed by atoms with E-state index >= 15 is 0 Å². The Hall–Kier alpha value is -1.02. The Balaban J connectivity index is 2.64. The molecule has 0 aliphatic rings. The number of aryl methyl sites for hydroxylation is 1. The molecule has 0 amide bonds. The van der Waals surface area contributed by atoms with E-state index in [9.17, 15) is 0 Å². The fourth-order valence-corrected chi connectivity index (χ4v) is 4.10. The van der Waals surface area contributed by atoms with Crippen molar-refractivity contribution in [3.63, 3.8) is 0 Å². The van der Waals surface area contributed by atoms with Crippen LogP contribution in [0.25, 0.3) is 0 Å². The molecule has 1 aromatic rings.